The van der Waals surface area contributed by atoms with Crippen LogP contribution in [-0.4, -0.2) is 14.8 Å². The lowest BCUT2D eigenvalue weighted by atomic mass is 10.1. The van der Waals surface area contributed by atoms with Crippen molar-refractivity contribution in [1.82, 2.24) is 14.8 Å². The molecule has 4 heteroatoms. The van der Waals surface area contributed by atoms with Gasteiger partial charge in [-0.3, -0.25) is 0 Å². The highest BCUT2D eigenvalue weighted by Gasteiger charge is 2.16. The summed E-state index contributed by atoms with van der Waals surface area (Å²) in [6, 6.07) is 10.6. The average Bonchev–Trinajstić information content (AvgIpc) is 3.15. The molecule has 0 aliphatic carbocycles. The molecule has 23 heavy (non-hydrogen) atoms. The van der Waals surface area contributed by atoms with Gasteiger partial charge in [0.15, 0.2) is 0 Å². The third-order valence-corrected chi connectivity index (χ3v) is 4.17. The molecule has 1 aromatic carbocycles. The molecule has 0 atom stereocenters. The van der Waals surface area contributed by atoms with Crippen LogP contribution < -0.4 is 0 Å². The van der Waals surface area contributed by atoms with Gasteiger partial charge in [0.2, 0.25) is 5.89 Å². The van der Waals surface area contributed by atoms with Crippen LogP contribution in [0.25, 0.3) is 22.5 Å². The molecule has 122 valence electrons. The summed E-state index contributed by atoms with van der Waals surface area (Å²) in [7, 11) is 0. The van der Waals surface area contributed by atoms with E-state index in [1.165, 1.54) is 10.9 Å². The highest BCUT2D eigenvalue weighted by Crippen LogP contribution is 2.28. The Balaban J connectivity index is 1.98. The molecule has 0 saturated carbocycles. The highest BCUT2D eigenvalue weighted by molar-refractivity contribution is 5.85. The fourth-order valence-corrected chi connectivity index (χ4v) is 2.80. The van der Waals surface area contributed by atoms with Gasteiger partial charge in [-0.2, -0.15) is 0 Å². The minimum Gasteiger partial charge on any atom is -0.419 e. The summed E-state index contributed by atoms with van der Waals surface area (Å²) >= 11 is 0. The first-order valence-corrected chi connectivity index (χ1v) is 8.60. The first kappa shape index (κ1) is 15.8. The summed E-state index contributed by atoms with van der Waals surface area (Å²) in [5.74, 6) is 2.03. The molecule has 0 amide bonds. The molecule has 0 aliphatic heterocycles. The molecule has 3 aromatic rings. The van der Waals surface area contributed by atoms with E-state index in [2.05, 4.69) is 65.9 Å². The van der Waals surface area contributed by atoms with Crippen molar-refractivity contribution in [2.45, 2.75) is 53.0 Å². The normalized spacial score (nSPS) is 11.7. The van der Waals surface area contributed by atoms with Crippen LogP contribution in [0.5, 0.6) is 0 Å². The standard InChI is InChI=1S/C19H25N3O/c1-4-5-10-18-20-21-19(23-18)17-13-15-8-6-7-9-16(15)22(17)12-11-14(2)3/h6-9,13-14H,4-5,10-12H2,1-3H3. The topological polar surface area (TPSA) is 43.9 Å². The van der Waals surface area contributed by atoms with Crippen LogP contribution in [0.4, 0.5) is 0 Å². The maximum Gasteiger partial charge on any atom is 0.264 e. The van der Waals surface area contributed by atoms with Crippen LogP contribution in [0.1, 0.15) is 45.9 Å². The first-order valence-electron chi connectivity index (χ1n) is 8.60. The van der Waals surface area contributed by atoms with Crippen molar-refractivity contribution in [1.29, 1.82) is 0 Å². The van der Waals surface area contributed by atoms with E-state index in [0.717, 1.165) is 43.8 Å². The van der Waals surface area contributed by atoms with E-state index >= 15 is 0 Å². The Hall–Kier alpha value is -2.10. The van der Waals surface area contributed by atoms with Gasteiger partial charge < -0.3 is 8.98 Å². The third-order valence-electron chi connectivity index (χ3n) is 4.17. The van der Waals surface area contributed by atoms with E-state index < -0.39 is 0 Å². The number of unbranched alkanes of at least 4 members (excludes halogenated alkanes) is 1. The van der Waals surface area contributed by atoms with Crippen LogP contribution in [0.2, 0.25) is 0 Å². The summed E-state index contributed by atoms with van der Waals surface area (Å²) in [6.45, 7) is 7.64. The molecule has 0 N–H and O–H groups in total. The lowest BCUT2D eigenvalue weighted by Crippen LogP contribution is -2.03. The van der Waals surface area contributed by atoms with Gasteiger partial charge in [-0.1, -0.05) is 45.4 Å². The number of benzene rings is 1. The zero-order valence-corrected chi connectivity index (χ0v) is 14.2. The van der Waals surface area contributed by atoms with Crippen LogP contribution in [0.3, 0.4) is 0 Å². The quantitative estimate of drug-likeness (QED) is 0.611. The number of para-hydroxylation sites is 1. The van der Waals surface area contributed by atoms with Gasteiger partial charge in [0, 0.05) is 23.9 Å². The largest absolute Gasteiger partial charge is 0.419 e. The Morgan fingerprint density at radius 2 is 2.00 bits per heavy atom. The fourth-order valence-electron chi connectivity index (χ4n) is 2.80. The van der Waals surface area contributed by atoms with Crippen molar-refractivity contribution >= 4 is 10.9 Å². The number of fused-ring (bicyclic) bond motifs is 1. The van der Waals surface area contributed by atoms with Gasteiger partial charge in [0.1, 0.15) is 5.69 Å². The molecule has 0 aliphatic rings. The molecule has 4 nitrogen and oxygen atoms in total. The number of nitrogens with zero attached hydrogens (tertiary/aromatic N) is 3. The molecule has 0 bridgehead atoms. The van der Waals surface area contributed by atoms with Crippen LogP contribution >= 0.6 is 0 Å². The van der Waals surface area contributed by atoms with E-state index in [1.807, 2.05) is 0 Å². The van der Waals surface area contributed by atoms with Gasteiger partial charge in [0.25, 0.3) is 5.89 Å². The molecule has 3 rings (SSSR count). The number of rotatable bonds is 7. The molecule has 0 fully saturated rings. The van der Waals surface area contributed by atoms with Gasteiger partial charge >= 0.3 is 0 Å². The maximum absolute atomic E-state index is 5.91. The van der Waals surface area contributed by atoms with Crippen molar-refractivity contribution in [3.8, 4) is 11.6 Å². The third kappa shape index (κ3) is 3.46. The van der Waals surface area contributed by atoms with Gasteiger partial charge in [-0.15, -0.1) is 10.2 Å². The first-order chi connectivity index (χ1) is 11.2. The summed E-state index contributed by atoms with van der Waals surface area (Å²) < 4.78 is 8.22. The smallest absolute Gasteiger partial charge is 0.264 e. The molecule has 0 saturated heterocycles. The minimum absolute atomic E-state index is 0.635. The molecule has 2 aromatic heterocycles. The minimum atomic E-state index is 0.635. The second-order valence-electron chi connectivity index (χ2n) is 6.53. The number of aryl methyl sites for hydroxylation is 2. The second kappa shape index (κ2) is 6.99. The second-order valence-corrected chi connectivity index (χ2v) is 6.53. The van der Waals surface area contributed by atoms with Crippen molar-refractivity contribution < 1.29 is 4.42 Å². The van der Waals surface area contributed by atoms with E-state index in [1.54, 1.807) is 0 Å². The lowest BCUT2D eigenvalue weighted by Gasteiger charge is -2.10. The van der Waals surface area contributed by atoms with Gasteiger partial charge in [-0.05, 0) is 30.9 Å². The van der Waals surface area contributed by atoms with E-state index in [0.29, 0.717) is 11.8 Å². The van der Waals surface area contributed by atoms with Crippen LogP contribution in [0, 0.1) is 5.92 Å². The SMILES string of the molecule is CCCCc1nnc(-c2cc3ccccc3n2CCC(C)C)o1. The molecule has 0 unspecified atom stereocenters. The van der Waals surface area contributed by atoms with E-state index in [9.17, 15) is 0 Å². The summed E-state index contributed by atoms with van der Waals surface area (Å²) in [5.41, 5.74) is 2.26. The predicted octanol–water partition coefficient (Wildman–Crippen LogP) is 5.08. The van der Waals surface area contributed by atoms with Crippen molar-refractivity contribution in [3.05, 3.63) is 36.2 Å². The monoisotopic (exact) mass is 311 g/mol. The Morgan fingerprint density at radius 1 is 1.17 bits per heavy atom. The Morgan fingerprint density at radius 3 is 2.78 bits per heavy atom. The Kier molecular flexibility index (Phi) is 4.79. The van der Waals surface area contributed by atoms with Crippen molar-refractivity contribution in [3.63, 3.8) is 0 Å². The maximum atomic E-state index is 5.91. The predicted molar refractivity (Wildman–Crippen MR) is 93.3 cm³/mol. The van der Waals surface area contributed by atoms with E-state index in [-0.39, 0.29) is 0 Å². The fraction of sp³-hybridized carbons (Fsp3) is 0.474. The van der Waals surface area contributed by atoms with Crippen molar-refractivity contribution in [2.75, 3.05) is 0 Å². The summed E-state index contributed by atoms with van der Waals surface area (Å²) in [5, 5.41) is 9.71. The van der Waals surface area contributed by atoms with E-state index in [4.69, 9.17) is 4.42 Å². The lowest BCUT2D eigenvalue weighted by molar-refractivity contribution is 0.485. The van der Waals surface area contributed by atoms with Gasteiger partial charge in [0.05, 0.1) is 0 Å². The zero-order chi connectivity index (χ0) is 16.2. The summed E-state index contributed by atoms with van der Waals surface area (Å²) in [6.07, 6.45) is 4.20. The molecule has 2 heterocycles. The number of hydrogen-bond donors (Lipinski definition) is 0. The number of hydrogen-bond acceptors (Lipinski definition) is 3. The molecular formula is C19H25N3O. The number of aromatic nitrogens is 3. The molecule has 0 radical (unpaired) electrons. The van der Waals surface area contributed by atoms with Crippen LogP contribution in [-0.2, 0) is 13.0 Å². The average molecular weight is 311 g/mol. The van der Waals surface area contributed by atoms with Crippen molar-refractivity contribution in [2.24, 2.45) is 5.92 Å². The van der Waals surface area contributed by atoms with Gasteiger partial charge in [-0.25, -0.2) is 0 Å². The summed E-state index contributed by atoms with van der Waals surface area (Å²) in [4.78, 5) is 0. The highest BCUT2D eigenvalue weighted by atomic mass is 16.4. The molecular weight excluding hydrogens is 286 g/mol. The van der Waals surface area contributed by atoms with Crippen LogP contribution in [0.15, 0.2) is 34.7 Å². The Labute approximate surface area is 137 Å². The Bertz CT molecular complexity index is 770. The zero-order valence-electron chi connectivity index (χ0n) is 14.2. The molecule has 0 spiro atoms.